The fourth-order valence-electron chi connectivity index (χ4n) is 4.85. The van der Waals surface area contributed by atoms with Crippen molar-refractivity contribution in [1.29, 1.82) is 0 Å². The molecule has 0 heterocycles. The van der Waals surface area contributed by atoms with Gasteiger partial charge in [-0.1, -0.05) is 35.4 Å². The zero-order valence-electron chi connectivity index (χ0n) is 31.4. The second-order valence-corrected chi connectivity index (χ2v) is 21.3. The molecule has 4 aromatic carbocycles. The normalized spacial score (nSPS) is 14.9. The van der Waals surface area contributed by atoms with Crippen molar-refractivity contribution in [2.75, 3.05) is 0 Å². The predicted octanol–water partition coefficient (Wildman–Crippen LogP) is 13.4. The lowest BCUT2D eigenvalue weighted by Gasteiger charge is -2.48. The SMILES string of the molecule is Cc1ccc(OP(=NC(C)(C)C(C)(C)P(=NC(C)(C)C)(Oc2ccc(C)cc2)Oc2ccc(F)cc2)(Oc2ccc(F)cc2)C(C)(C)C)cc1. The number of hydrogen-bond donors (Lipinski definition) is 0. The van der Waals surface area contributed by atoms with E-state index in [1.54, 1.807) is 24.3 Å². The first kappa shape index (κ1) is 39.2. The van der Waals surface area contributed by atoms with Gasteiger partial charge in [-0.25, -0.2) is 18.3 Å². The maximum atomic E-state index is 14.1. The lowest BCUT2D eigenvalue weighted by molar-refractivity contribution is 0.327. The lowest BCUT2D eigenvalue weighted by atomic mass is 9.91. The molecule has 4 aromatic rings. The smallest absolute Gasteiger partial charge is 0.323 e. The zero-order chi connectivity index (χ0) is 37.2. The minimum atomic E-state index is -3.47. The molecule has 0 radical (unpaired) electrons. The Bertz CT molecular complexity index is 1750. The Morgan fingerprint density at radius 1 is 0.440 bits per heavy atom. The molecule has 0 aromatic heterocycles. The molecule has 0 N–H and O–H groups in total. The van der Waals surface area contributed by atoms with E-state index in [1.807, 2.05) is 132 Å². The molecule has 0 saturated heterocycles. The van der Waals surface area contributed by atoms with Gasteiger partial charge in [0.25, 0.3) is 0 Å². The van der Waals surface area contributed by atoms with Crippen molar-refractivity contribution in [3.8, 4) is 23.0 Å². The highest BCUT2D eigenvalue weighted by atomic mass is 31.2. The third-order valence-corrected chi connectivity index (χ3v) is 15.6. The molecule has 0 fully saturated rings. The van der Waals surface area contributed by atoms with E-state index < -0.39 is 36.4 Å². The van der Waals surface area contributed by atoms with Gasteiger partial charge in [-0.05, 0) is 156 Å². The van der Waals surface area contributed by atoms with Gasteiger partial charge < -0.3 is 18.1 Å². The molecule has 270 valence electrons. The van der Waals surface area contributed by atoms with Crippen LogP contribution in [0.1, 0.15) is 80.4 Å². The van der Waals surface area contributed by atoms with Crippen molar-refractivity contribution in [3.05, 3.63) is 120 Å². The van der Waals surface area contributed by atoms with Crippen molar-refractivity contribution in [2.24, 2.45) is 9.49 Å². The number of halogens is 2. The van der Waals surface area contributed by atoms with Crippen LogP contribution in [0.4, 0.5) is 8.78 Å². The standard InChI is InChI=1S/C40H52F2N2O4P2/c1-29-13-21-33(22-14-29)45-49(38(6,7)8,46-35-25-17-31(41)18-26-35)44-39(9,10)40(11,12)50(43-37(3,4)5,47-34-23-15-30(2)16-24-34)48-36-27-19-32(42)20-28-36/h13-28H,1-12H3. The van der Waals surface area contributed by atoms with Crippen LogP contribution >= 0.6 is 15.0 Å². The van der Waals surface area contributed by atoms with Crippen molar-refractivity contribution in [2.45, 2.75) is 104 Å². The molecule has 0 aliphatic heterocycles. The Hall–Kier alpha value is -3.60. The summed E-state index contributed by atoms with van der Waals surface area (Å²) in [6.07, 6.45) is 0. The second kappa shape index (κ2) is 14.6. The molecule has 10 heteroatoms. The highest BCUT2D eigenvalue weighted by molar-refractivity contribution is 7.60. The van der Waals surface area contributed by atoms with Gasteiger partial charge in [0.15, 0.2) is 0 Å². The van der Waals surface area contributed by atoms with E-state index in [9.17, 15) is 8.78 Å². The van der Waals surface area contributed by atoms with Crippen molar-refractivity contribution in [3.63, 3.8) is 0 Å². The van der Waals surface area contributed by atoms with Crippen LogP contribution in [-0.4, -0.2) is 21.4 Å². The summed E-state index contributed by atoms with van der Waals surface area (Å²) in [6, 6.07) is 27.3. The summed E-state index contributed by atoms with van der Waals surface area (Å²) in [4.78, 5) is 0. The van der Waals surface area contributed by atoms with Gasteiger partial charge in [0.1, 0.15) is 34.6 Å². The number of rotatable bonds is 11. The summed E-state index contributed by atoms with van der Waals surface area (Å²) in [5, 5.41) is -1.65. The van der Waals surface area contributed by atoms with Crippen LogP contribution in [0.3, 0.4) is 0 Å². The quantitative estimate of drug-likeness (QED) is 0.145. The molecule has 4 rings (SSSR count). The molecule has 0 aliphatic rings. The fourth-order valence-corrected chi connectivity index (χ4v) is 10.8. The van der Waals surface area contributed by atoms with E-state index in [-0.39, 0.29) is 11.6 Å². The summed E-state index contributed by atoms with van der Waals surface area (Å²) >= 11 is 0. The Morgan fingerprint density at radius 2 is 0.740 bits per heavy atom. The van der Waals surface area contributed by atoms with Crippen molar-refractivity contribution < 1.29 is 26.9 Å². The lowest BCUT2D eigenvalue weighted by Crippen LogP contribution is -2.47. The van der Waals surface area contributed by atoms with E-state index in [0.717, 1.165) is 11.1 Å². The highest BCUT2D eigenvalue weighted by Crippen LogP contribution is 2.70. The maximum absolute atomic E-state index is 14.1. The molecule has 2 atom stereocenters. The summed E-state index contributed by atoms with van der Waals surface area (Å²) in [6.45, 7) is 24.2. The van der Waals surface area contributed by atoms with Crippen molar-refractivity contribution >= 4 is 15.0 Å². The average molecular weight is 725 g/mol. The molecular formula is C40H52F2N2O4P2. The monoisotopic (exact) mass is 724 g/mol. The third-order valence-electron chi connectivity index (χ3n) is 8.45. The van der Waals surface area contributed by atoms with Gasteiger partial charge >= 0.3 is 15.0 Å². The molecule has 6 nitrogen and oxygen atoms in total. The topological polar surface area (TPSA) is 61.6 Å². The van der Waals surface area contributed by atoms with E-state index in [1.165, 1.54) is 24.3 Å². The summed E-state index contributed by atoms with van der Waals surface area (Å²) < 4.78 is 67.1. The Morgan fingerprint density at radius 3 is 1.04 bits per heavy atom. The van der Waals surface area contributed by atoms with Gasteiger partial charge in [0.2, 0.25) is 0 Å². The predicted molar refractivity (Wildman–Crippen MR) is 204 cm³/mol. The molecule has 0 amide bonds. The minimum Gasteiger partial charge on any atom is -0.430 e. The van der Waals surface area contributed by atoms with E-state index in [0.29, 0.717) is 23.0 Å². The van der Waals surface area contributed by atoms with Gasteiger partial charge in [-0.3, -0.25) is 0 Å². The Balaban J connectivity index is 2.06. The van der Waals surface area contributed by atoms with Gasteiger partial charge in [0.05, 0.1) is 21.4 Å². The summed E-state index contributed by atoms with van der Waals surface area (Å²) in [7, 11) is -6.82. The maximum Gasteiger partial charge on any atom is 0.323 e. The minimum absolute atomic E-state index is 0.375. The third kappa shape index (κ3) is 9.19. The molecule has 0 saturated carbocycles. The fraction of sp³-hybridized carbons (Fsp3) is 0.400. The number of aryl methyl sites for hydroxylation is 2. The average Bonchev–Trinajstić information content (AvgIpc) is 3.00. The van der Waals surface area contributed by atoms with Crippen LogP contribution in [0.2, 0.25) is 0 Å². The van der Waals surface area contributed by atoms with E-state index in [2.05, 4.69) is 0 Å². The molecule has 0 spiro atoms. The van der Waals surface area contributed by atoms with Crippen molar-refractivity contribution in [1.82, 2.24) is 0 Å². The Kier molecular flexibility index (Phi) is 11.4. The van der Waals surface area contributed by atoms with E-state index >= 15 is 0 Å². The molecule has 50 heavy (non-hydrogen) atoms. The molecule has 2 unspecified atom stereocenters. The van der Waals surface area contributed by atoms with Crippen LogP contribution < -0.4 is 18.1 Å². The number of nitrogens with zero attached hydrogens (tertiary/aromatic N) is 2. The van der Waals surface area contributed by atoms with Gasteiger partial charge in [0, 0.05) is 0 Å². The molecule has 0 bridgehead atoms. The van der Waals surface area contributed by atoms with Gasteiger partial charge in [-0.2, -0.15) is 0 Å². The van der Waals surface area contributed by atoms with Gasteiger partial charge in [-0.15, -0.1) is 0 Å². The zero-order valence-corrected chi connectivity index (χ0v) is 33.2. The first-order chi connectivity index (χ1) is 23.1. The summed E-state index contributed by atoms with van der Waals surface area (Å²) in [5.74, 6) is 1.26. The highest BCUT2D eigenvalue weighted by Gasteiger charge is 2.57. The second-order valence-electron chi connectivity index (χ2n) is 15.6. The number of hydrogen-bond acceptors (Lipinski definition) is 6. The largest absolute Gasteiger partial charge is 0.430 e. The van der Waals surface area contributed by atoms with Crippen LogP contribution in [0.25, 0.3) is 0 Å². The number of benzene rings is 4. The van der Waals surface area contributed by atoms with E-state index in [4.69, 9.17) is 27.6 Å². The summed E-state index contributed by atoms with van der Waals surface area (Å²) in [5.41, 5.74) is 0.519. The first-order valence-electron chi connectivity index (χ1n) is 16.8. The van der Waals surface area contributed by atoms with Crippen LogP contribution in [0.5, 0.6) is 23.0 Å². The van der Waals surface area contributed by atoms with Crippen LogP contribution in [0, 0.1) is 25.5 Å². The molecular weight excluding hydrogens is 672 g/mol. The Labute approximate surface area is 298 Å². The van der Waals surface area contributed by atoms with Crippen LogP contribution in [-0.2, 0) is 0 Å². The van der Waals surface area contributed by atoms with Crippen LogP contribution in [0.15, 0.2) is 107 Å². The first-order valence-corrected chi connectivity index (χ1v) is 19.9. The molecule has 0 aliphatic carbocycles.